The Hall–Kier alpha value is -2.37. The molecule has 2 aliphatic heterocycles. The number of carbonyl (C=O) groups excluding carboxylic acids is 1. The van der Waals surface area contributed by atoms with Crippen molar-refractivity contribution < 1.29 is 4.79 Å². The van der Waals surface area contributed by atoms with Gasteiger partial charge in [0.2, 0.25) is 0 Å². The molecular formula is C27H24Cl3N3O. The highest BCUT2D eigenvalue weighted by atomic mass is 35.5. The number of benzene rings is 2. The van der Waals surface area contributed by atoms with E-state index in [0.717, 1.165) is 48.7 Å². The summed E-state index contributed by atoms with van der Waals surface area (Å²) in [6, 6.07) is 17.1. The maximum Gasteiger partial charge on any atom is 0.258 e. The molecule has 3 aromatic rings. The van der Waals surface area contributed by atoms with Crippen molar-refractivity contribution in [1.29, 1.82) is 0 Å². The van der Waals surface area contributed by atoms with Crippen molar-refractivity contribution in [1.82, 2.24) is 9.88 Å². The molecule has 0 unspecified atom stereocenters. The highest BCUT2D eigenvalue weighted by molar-refractivity contribution is 6.31. The number of amides is 1. The Morgan fingerprint density at radius 1 is 1.00 bits per heavy atom. The number of rotatable bonds is 4. The highest BCUT2D eigenvalue weighted by Crippen LogP contribution is 2.48. The van der Waals surface area contributed by atoms with Crippen molar-refractivity contribution in [3.63, 3.8) is 0 Å². The van der Waals surface area contributed by atoms with Crippen molar-refractivity contribution in [2.75, 3.05) is 31.1 Å². The molecule has 0 radical (unpaired) electrons. The average molecular weight is 513 g/mol. The molecule has 4 nitrogen and oxygen atoms in total. The van der Waals surface area contributed by atoms with E-state index in [1.54, 1.807) is 18.3 Å². The Labute approximate surface area is 214 Å². The summed E-state index contributed by atoms with van der Waals surface area (Å²) in [5.41, 5.74) is 3.66. The minimum atomic E-state index is -0.0973. The summed E-state index contributed by atoms with van der Waals surface area (Å²) >= 11 is 18.5. The van der Waals surface area contributed by atoms with E-state index in [1.807, 2.05) is 47.4 Å². The first-order valence-electron chi connectivity index (χ1n) is 11.3. The van der Waals surface area contributed by atoms with Crippen LogP contribution in [0.1, 0.15) is 34.3 Å². The van der Waals surface area contributed by atoms with Crippen LogP contribution in [0.3, 0.4) is 0 Å². The van der Waals surface area contributed by atoms with Gasteiger partial charge in [-0.15, -0.1) is 0 Å². The molecule has 1 saturated heterocycles. The Morgan fingerprint density at radius 2 is 1.79 bits per heavy atom. The number of piperidine rings is 1. The second kappa shape index (κ2) is 9.71. The highest BCUT2D eigenvalue weighted by Gasteiger charge is 2.46. The molecule has 2 aliphatic rings. The van der Waals surface area contributed by atoms with Crippen molar-refractivity contribution >= 4 is 52.5 Å². The lowest BCUT2D eigenvalue weighted by molar-refractivity contribution is 0.0977. The monoisotopic (exact) mass is 511 g/mol. The molecule has 7 heteroatoms. The second-order valence-corrected chi connectivity index (χ2v) is 10.2. The Bertz CT molecular complexity index is 1250. The third kappa shape index (κ3) is 4.73. The van der Waals surface area contributed by atoms with Crippen LogP contribution in [-0.2, 0) is 5.41 Å². The van der Waals surface area contributed by atoms with E-state index in [4.69, 9.17) is 34.8 Å². The first-order valence-corrected chi connectivity index (χ1v) is 12.4. The molecule has 3 heterocycles. The molecule has 1 aromatic heterocycles. The van der Waals surface area contributed by atoms with Crippen molar-refractivity contribution in [3.8, 4) is 0 Å². The molecular weight excluding hydrogens is 489 g/mol. The van der Waals surface area contributed by atoms with Gasteiger partial charge in [0.25, 0.3) is 5.91 Å². The van der Waals surface area contributed by atoms with Gasteiger partial charge in [-0.3, -0.25) is 9.69 Å². The van der Waals surface area contributed by atoms with E-state index in [9.17, 15) is 4.79 Å². The third-order valence-electron chi connectivity index (χ3n) is 6.84. The molecule has 0 aliphatic carbocycles. The fourth-order valence-electron chi connectivity index (χ4n) is 5.05. The molecule has 174 valence electrons. The number of pyridine rings is 1. The van der Waals surface area contributed by atoms with Crippen LogP contribution in [0.2, 0.25) is 15.2 Å². The van der Waals surface area contributed by atoms with Crippen LogP contribution in [0.5, 0.6) is 0 Å². The molecule has 0 saturated carbocycles. The molecule has 0 atom stereocenters. The number of aromatic nitrogens is 1. The predicted molar refractivity (Wildman–Crippen MR) is 140 cm³/mol. The van der Waals surface area contributed by atoms with Gasteiger partial charge >= 0.3 is 0 Å². The fraction of sp³-hybridized carbons (Fsp3) is 0.259. The molecule has 0 bridgehead atoms. The summed E-state index contributed by atoms with van der Waals surface area (Å²) in [6.07, 6.45) is 7.80. The van der Waals surface area contributed by atoms with Gasteiger partial charge in [-0.05, 0) is 79.5 Å². The molecule has 0 N–H and O–H groups in total. The van der Waals surface area contributed by atoms with Crippen molar-refractivity contribution in [2.45, 2.75) is 18.3 Å². The smallest absolute Gasteiger partial charge is 0.258 e. The van der Waals surface area contributed by atoms with E-state index in [-0.39, 0.29) is 11.3 Å². The third-order valence-corrected chi connectivity index (χ3v) is 7.51. The van der Waals surface area contributed by atoms with E-state index in [0.29, 0.717) is 22.3 Å². The predicted octanol–water partition coefficient (Wildman–Crippen LogP) is 6.75. The van der Waals surface area contributed by atoms with Crippen LogP contribution in [0, 0.1) is 0 Å². The number of carbonyl (C=O) groups is 1. The minimum absolute atomic E-state index is 0.0587. The van der Waals surface area contributed by atoms with Gasteiger partial charge in [0.1, 0.15) is 5.15 Å². The number of nitrogens with zero attached hydrogens (tertiary/aromatic N) is 3. The lowest BCUT2D eigenvalue weighted by atomic mass is 9.74. The lowest BCUT2D eigenvalue weighted by Gasteiger charge is -2.39. The van der Waals surface area contributed by atoms with Gasteiger partial charge in [0.15, 0.2) is 0 Å². The summed E-state index contributed by atoms with van der Waals surface area (Å²) in [6.45, 7) is 3.43. The fourth-order valence-corrected chi connectivity index (χ4v) is 5.60. The average Bonchev–Trinajstić information content (AvgIpc) is 3.13. The largest absolute Gasteiger partial charge is 0.307 e. The summed E-state index contributed by atoms with van der Waals surface area (Å²) < 4.78 is 0. The van der Waals surface area contributed by atoms with Crippen LogP contribution in [-0.4, -0.2) is 42.0 Å². The summed E-state index contributed by atoms with van der Waals surface area (Å²) in [5.74, 6) is -0.0587. The zero-order valence-corrected chi connectivity index (χ0v) is 20.8. The summed E-state index contributed by atoms with van der Waals surface area (Å²) in [7, 11) is 0. The number of fused-ring (bicyclic) bond motifs is 2. The van der Waals surface area contributed by atoms with Crippen LogP contribution < -0.4 is 4.90 Å². The summed E-state index contributed by atoms with van der Waals surface area (Å²) in [5, 5.41) is 1.76. The van der Waals surface area contributed by atoms with Gasteiger partial charge in [0, 0.05) is 46.0 Å². The standard InChI is InChI=1S/C27H24Cl3N3O/c28-21-5-1-3-19(15-21)4-2-12-32-13-9-27(10-14-32)18-33(24-7-6-22(29)17-23(24)27)26(34)20-8-11-31-25(30)16-20/h1-8,11,15-17H,9-10,12-14,18H2. The molecule has 34 heavy (non-hydrogen) atoms. The van der Waals surface area contributed by atoms with Crippen molar-refractivity contribution in [2.24, 2.45) is 0 Å². The van der Waals surface area contributed by atoms with Gasteiger partial charge < -0.3 is 4.90 Å². The van der Waals surface area contributed by atoms with Gasteiger partial charge in [-0.1, -0.05) is 59.1 Å². The number of anilines is 1. The van der Waals surface area contributed by atoms with E-state index >= 15 is 0 Å². The van der Waals surface area contributed by atoms with Gasteiger partial charge in [-0.2, -0.15) is 0 Å². The molecule has 1 fully saturated rings. The number of halogens is 3. The number of hydrogen-bond donors (Lipinski definition) is 0. The number of hydrogen-bond acceptors (Lipinski definition) is 3. The molecule has 5 rings (SSSR count). The molecule has 2 aromatic carbocycles. The Balaban J connectivity index is 1.32. The lowest BCUT2D eigenvalue weighted by Crippen LogP contribution is -2.46. The maximum absolute atomic E-state index is 13.4. The minimum Gasteiger partial charge on any atom is -0.307 e. The summed E-state index contributed by atoms with van der Waals surface area (Å²) in [4.78, 5) is 21.7. The van der Waals surface area contributed by atoms with Crippen LogP contribution in [0.25, 0.3) is 6.08 Å². The van der Waals surface area contributed by atoms with Crippen LogP contribution in [0.4, 0.5) is 5.69 Å². The van der Waals surface area contributed by atoms with E-state index in [1.165, 1.54) is 5.56 Å². The first kappa shape index (κ1) is 23.4. The topological polar surface area (TPSA) is 36.4 Å². The van der Waals surface area contributed by atoms with Gasteiger partial charge in [0.05, 0.1) is 0 Å². The first-order chi connectivity index (χ1) is 16.4. The van der Waals surface area contributed by atoms with Crippen LogP contribution >= 0.6 is 34.8 Å². The van der Waals surface area contributed by atoms with E-state index < -0.39 is 0 Å². The maximum atomic E-state index is 13.4. The van der Waals surface area contributed by atoms with Crippen LogP contribution in [0.15, 0.2) is 66.9 Å². The van der Waals surface area contributed by atoms with Crippen molar-refractivity contribution in [3.05, 3.63) is 98.8 Å². The van der Waals surface area contributed by atoms with E-state index in [2.05, 4.69) is 22.0 Å². The quantitative estimate of drug-likeness (QED) is 0.363. The van der Waals surface area contributed by atoms with Gasteiger partial charge in [-0.25, -0.2) is 4.98 Å². The molecule has 1 spiro atoms. The second-order valence-electron chi connectivity index (χ2n) is 8.96. The zero-order valence-electron chi connectivity index (χ0n) is 18.6. The molecule has 1 amide bonds. The number of likely N-dealkylation sites (tertiary alicyclic amines) is 1. The SMILES string of the molecule is O=C(c1ccnc(Cl)c1)N1CC2(CCN(CC=Cc3cccc(Cl)c3)CC2)c2cc(Cl)ccc21. The Kier molecular flexibility index (Phi) is 6.67. The normalized spacial score (nSPS) is 17.4. The zero-order chi connectivity index (χ0) is 23.7. The Morgan fingerprint density at radius 3 is 2.56 bits per heavy atom.